The van der Waals surface area contributed by atoms with Crippen LogP contribution in [0.3, 0.4) is 0 Å². The van der Waals surface area contributed by atoms with E-state index < -0.39 is 0 Å². The molecule has 0 amide bonds. The van der Waals surface area contributed by atoms with Gasteiger partial charge in [0.1, 0.15) is 13.2 Å². The summed E-state index contributed by atoms with van der Waals surface area (Å²) in [4.78, 5) is 36.1. The zero-order valence-electron chi connectivity index (χ0n) is 38.7. The zero-order chi connectivity index (χ0) is 45.1. The van der Waals surface area contributed by atoms with Gasteiger partial charge in [0.25, 0.3) is 0 Å². The Labute approximate surface area is 432 Å². The number of ether oxygens (including phenoxy) is 2. The van der Waals surface area contributed by atoms with Gasteiger partial charge in [-0.2, -0.15) is 0 Å². The number of hydrogen-bond acceptors (Lipinski definition) is 8. The van der Waals surface area contributed by atoms with Crippen molar-refractivity contribution < 1.29 is 19.1 Å². The summed E-state index contributed by atoms with van der Waals surface area (Å²) in [5.74, 6) is 0.0973. The second-order valence-electron chi connectivity index (χ2n) is 16.5. The van der Waals surface area contributed by atoms with Crippen molar-refractivity contribution in [1.82, 2.24) is 9.97 Å². The third kappa shape index (κ3) is 16.2. The van der Waals surface area contributed by atoms with Crippen LogP contribution < -0.4 is 11.5 Å². The average molecular weight is 1110 g/mol. The smallest absolute Gasteiger partial charge is 0.340 e. The number of aromatic nitrogens is 2. The summed E-state index contributed by atoms with van der Waals surface area (Å²) >= 11 is 6.85. The number of esters is 2. The summed E-state index contributed by atoms with van der Waals surface area (Å²) in [5, 5.41) is 0. The van der Waals surface area contributed by atoms with Crippen LogP contribution in [0.15, 0.2) is 106 Å². The maximum absolute atomic E-state index is 13.3. The molecule has 0 saturated carbocycles. The molecule has 0 fully saturated rings. The van der Waals surface area contributed by atoms with Crippen molar-refractivity contribution in [3.05, 3.63) is 173 Å². The van der Waals surface area contributed by atoms with Crippen molar-refractivity contribution in [2.24, 2.45) is 23.3 Å². The lowest BCUT2D eigenvalue weighted by atomic mass is 9.90. The number of hydrogen-bond donors (Lipinski definition) is 2. The number of pyridine rings is 2. The summed E-state index contributed by atoms with van der Waals surface area (Å²) < 4.78 is 13.4. The molecule has 0 unspecified atom stereocenters. The van der Waals surface area contributed by atoms with Crippen LogP contribution in [0.4, 0.5) is 0 Å². The van der Waals surface area contributed by atoms with E-state index in [0.717, 1.165) is 88.8 Å². The highest BCUT2D eigenvalue weighted by molar-refractivity contribution is 9.10. The third-order valence-corrected chi connectivity index (χ3v) is 11.5. The van der Waals surface area contributed by atoms with Gasteiger partial charge in [0.15, 0.2) is 0 Å². The molecule has 0 aliphatic heterocycles. The minimum Gasteiger partial charge on any atom is -0.457 e. The van der Waals surface area contributed by atoms with Crippen LogP contribution >= 0.6 is 81.5 Å². The maximum atomic E-state index is 13.3. The molecule has 4 N–H and O–H groups in total. The van der Waals surface area contributed by atoms with Crippen molar-refractivity contribution >= 4 is 93.4 Å². The van der Waals surface area contributed by atoms with Gasteiger partial charge in [-0.05, 0) is 110 Å². The van der Waals surface area contributed by atoms with E-state index in [4.69, 9.17) is 30.9 Å². The van der Waals surface area contributed by atoms with Gasteiger partial charge in [0.05, 0.1) is 22.5 Å². The Morgan fingerprint density at radius 3 is 1.09 bits per heavy atom. The fraction of sp³-hybridized carbons (Fsp3) is 0.308. The number of aryl methyl sites for hydroxylation is 4. The highest BCUT2D eigenvalue weighted by Gasteiger charge is 2.26. The molecular weight excluding hydrogens is 1050 g/mol. The predicted molar refractivity (Wildman–Crippen MR) is 287 cm³/mol. The van der Waals surface area contributed by atoms with Crippen LogP contribution in [0.2, 0.25) is 0 Å². The molecule has 14 heteroatoms. The lowest BCUT2D eigenvalue weighted by Gasteiger charge is -2.20. The Morgan fingerprint density at radius 1 is 0.515 bits per heavy atom. The van der Waals surface area contributed by atoms with E-state index in [1.165, 1.54) is 0 Å². The SMILES string of the molecule is Cc1ccc(-c2c(CN)c(CC(C)C)nc(C)c2C(=O)OCc2ccc(Br)cc2)cc1.Cc1ccc(-c2c(CN)c(CC(C)C)nc(C)c2C(=O)OCc2ccc(Br)cc2)cc1.Cl.Cl.Cl.Cl. The van der Waals surface area contributed by atoms with Gasteiger partial charge in [-0.15, -0.1) is 49.6 Å². The topological polar surface area (TPSA) is 130 Å². The molecule has 66 heavy (non-hydrogen) atoms. The van der Waals surface area contributed by atoms with E-state index in [1.807, 2.05) is 125 Å². The van der Waals surface area contributed by atoms with Crippen LogP contribution in [0.5, 0.6) is 0 Å². The molecule has 2 aromatic heterocycles. The Bertz CT molecular complexity index is 2310. The van der Waals surface area contributed by atoms with Crippen LogP contribution in [0.25, 0.3) is 22.3 Å². The molecule has 0 saturated heterocycles. The molecule has 0 bridgehead atoms. The van der Waals surface area contributed by atoms with Gasteiger partial charge < -0.3 is 20.9 Å². The molecule has 0 aliphatic rings. The first-order chi connectivity index (χ1) is 29.6. The number of nitrogens with two attached hydrogens (primary N) is 2. The standard InChI is InChI=1S/2C26H29BrN2O2.4ClH/c2*1-16(2)13-23-22(14-28)25(20-9-5-17(3)6-10-20)24(18(4)29-23)26(30)31-15-19-7-11-21(27)12-8-19;;;;/h2*5-12,16H,13-15,28H2,1-4H3;4*1H. The molecule has 8 nitrogen and oxygen atoms in total. The molecule has 0 aliphatic carbocycles. The monoisotopic (exact) mass is 1100 g/mol. The second kappa shape index (κ2) is 28.5. The van der Waals surface area contributed by atoms with Crippen molar-refractivity contribution in [1.29, 1.82) is 0 Å². The highest BCUT2D eigenvalue weighted by atomic mass is 79.9. The number of rotatable bonds is 14. The molecule has 6 aromatic rings. The Balaban J connectivity index is 0.000000622. The van der Waals surface area contributed by atoms with Gasteiger partial charge in [-0.1, -0.05) is 143 Å². The fourth-order valence-electron chi connectivity index (χ4n) is 7.34. The number of carbonyl (C=O) groups excluding carboxylic acids is 2. The zero-order valence-corrected chi connectivity index (χ0v) is 45.1. The van der Waals surface area contributed by atoms with Crippen LogP contribution in [-0.4, -0.2) is 21.9 Å². The summed E-state index contributed by atoms with van der Waals surface area (Å²) in [5.41, 5.74) is 26.2. The van der Waals surface area contributed by atoms with Crippen molar-refractivity contribution in [3.8, 4) is 22.3 Å². The lowest BCUT2D eigenvalue weighted by molar-refractivity contribution is 0.0463. The van der Waals surface area contributed by atoms with Crippen molar-refractivity contribution in [2.75, 3.05) is 0 Å². The van der Waals surface area contributed by atoms with Gasteiger partial charge in [-0.3, -0.25) is 9.97 Å². The summed E-state index contributed by atoms with van der Waals surface area (Å²) in [7, 11) is 0. The molecule has 0 spiro atoms. The second-order valence-corrected chi connectivity index (χ2v) is 18.3. The first kappa shape index (κ1) is 60.2. The largest absolute Gasteiger partial charge is 0.457 e. The quantitative estimate of drug-likeness (QED) is 0.103. The van der Waals surface area contributed by atoms with Crippen LogP contribution in [0.1, 0.15) is 105 Å². The van der Waals surface area contributed by atoms with Crippen LogP contribution in [0, 0.1) is 39.5 Å². The van der Waals surface area contributed by atoms with E-state index in [2.05, 4.69) is 59.6 Å². The van der Waals surface area contributed by atoms with Crippen molar-refractivity contribution in [3.63, 3.8) is 0 Å². The predicted octanol–water partition coefficient (Wildman–Crippen LogP) is 14.0. The highest BCUT2D eigenvalue weighted by Crippen LogP contribution is 2.35. The van der Waals surface area contributed by atoms with E-state index in [1.54, 1.807) is 0 Å². The van der Waals surface area contributed by atoms with Gasteiger partial charge in [0, 0.05) is 44.5 Å². The summed E-state index contributed by atoms with van der Waals surface area (Å²) in [6.45, 7) is 17.5. The molecule has 6 rings (SSSR count). The Morgan fingerprint density at radius 2 is 0.818 bits per heavy atom. The molecule has 4 aromatic carbocycles. The van der Waals surface area contributed by atoms with E-state index >= 15 is 0 Å². The molecule has 356 valence electrons. The number of halogens is 6. The first-order valence-corrected chi connectivity index (χ1v) is 22.6. The molecule has 0 radical (unpaired) electrons. The fourth-order valence-corrected chi connectivity index (χ4v) is 7.86. The molecule has 0 atom stereocenters. The Kier molecular flexibility index (Phi) is 26.0. The lowest BCUT2D eigenvalue weighted by Crippen LogP contribution is -2.17. The third-order valence-electron chi connectivity index (χ3n) is 10.4. The first-order valence-electron chi connectivity index (χ1n) is 21.0. The van der Waals surface area contributed by atoms with E-state index in [-0.39, 0.29) is 74.8 Å². The minimum absolute atomic E-state index is 0. The van der Waals surface area contributed by atoms with Gasteiger partial charge in [-0.25, -0.2) is 9.59 Å². The normalized spacial score (nSPS) is 10.4. The average Bonchev–Trinajstić information content (AvgIpc) is 3.23. The summed E-state index contributed by atoms with van der Waals surface area (Å²) in [6, 6.07) is 31.8. The molecule has 2 heterocycles. The maximum Gasteiger partial charge on any atom is 0.340 e. The van der Waals surface area contributed by atoms with Crippen LogP contribution in [-0.2, 0) is 48.6 Å². The van der Waals surface area contributed by atoms with E-state index in [0.29, 0.717) is 47.4 Å². The number of benzene rings is 4. The Hall–Kier alpha value is -3.84. The van der Waals surface area contributed by atoms with E-state index in [9.17, 15) is 9.59 Å². The van der Waals surface area contributed by atoms with Gasteiger partial charge in [0.2, 0.25) is 0 Å². The van der Waals surface area contributed by atoms with Crippen molar-refractivity contribution in [2.45, 2.75) is 94.5 Å². The number of nitrogens with zero attached hydrogens (tertiary/aromatic N) is 2. The summed E-state index contributed by atoms with van der Waals surface area (Å²) in [6.07, 6.45) is 1.61. The molecular formula is C52H62Br2Cl4N4O4. The number of carbonyl (C=O) groups is 2. The van der Waals surface area contributed by atoms with Gasteiger partial charge >= 0.3 is 11.9 Å². The minimum atomic E-state index is -0.380.